The molecule has 1 unspecified atom stereocenters. The molecule has 0 aliphatic heterocycles. The summed E-state index contributed by atoms with van der Waals surface area (Å²) in [5.41, 5.74) is 2.03. The van der Waals surface area contributed by atoms with Crippen LogP contribution in [0.3, 0.4) is 0 Å². The van der Waals surface area contributed by atoms with Crippen LogP contribution in [-0.2, 0) is 0 Å². The Hall–Kier alpha value is -0.160. The summed E-state index contributed by atoms with van der Waals surface area (Å²) in [4.78, 5) is 0.952. The van der Waals surface area contributed by atoms with Gasteiger partial charge in [0, 0.05) is 9.35 Å². The van der Waals surface area contributed by atoms with Crippen LogP contribution in [0, 0.1) is 6.92 Å². The first-order valence-electron chi connectivity index (χ1n) is 4.78. The van der Waals surface area contributed by atoms with Crippen LogP contribution in [-0.4, -0.2) is 5.11 Å². The Morgan fingerprint density at radius 3 is 2.56 bits per heavy atom. The molecule has 0 amide bonds. The molecule has 1 aromatic heterocycles. The van der Waals surface area contributed by atoms with E-state index in [2.05, 4.69) is 31.9 Å². The lowest BCUT2D eigenvalue weighted by Gasteiger charge is -2.13. The van der Waals surface area contributed by atoms with E-state index >= 15 is 0 Å². The maximum Gasteiger partial charge on any atom is 0.114 e. The molecule has 0 bridgehead atoms. The molecule has 0 spiro atoms. The van der Waals surface area contributed by atoms with Crippen LogP contribution < -0.4 is 0 Å². The average molecular weight is 362 g/mol. The first-order valence-corrected chi connectivity index (χ1v) is 7.18. The van der Waals surface area contributed by atoms with Crippen LogP contribution in [0.25, 0.3) is 0 Å². The van der Waals surface area contributed by atoms with Gasteiger partial charge in [0.05, 0.1) is 3.79 Å². The number of halogens is 2. The first-order chi connectivity index (χ1) is 7.59. The Labute approximate surface area is 115 Å². The highest BCUT2D eigenvalue weighted by Gasteiger charge is 2.15. The lowest BCUT2D eigenvalue weighted by molar-refractivity contribution is 0.223. The molecule has 0 aliphatic carbocycles. The van der Waals surface area contributed by atoms with Crippen molar-refractivity contribution in [1.29, 1.82) is 0 Å². The SMILES string of the molecule is Cc1c(Br)cccc1C(O)c1ccc(Br)s1. The van der Waals surface area contributed by atoms with Gasteiger partial charge in [0.15, 0.2) is 0 Å². The number of hydrogen-bond acceptors (Lipinski definition) is 2. The fraction of sp³-hybridized carbons (Fsp3) is 0.167. The highest BCUT2D eigenvalue weighted by molar-refractivity contribution is 9.11. The van der Waals surface area contributed by atoms with Gasteiger partial charge in [-0.05, 0) is 52.2 Å². The third-order valence-electron chi connectivity index (χ3n) is 2.47. The molecular weight excluding hydrogens is 352 g/mol. The van der Waals surface area contributed by atoms with Gasteiger partial charge in [0.1, 0.15) is 6.10 Å². The van der Waals surface area contributed by atoms with E-state index in [1.165, 1.54) is 0 Å². The second-order valence-corrected chi connectivity index (χ2v) is 6.85. The number of thiophene rings is 1. The van der Waals surface area contributed by atoms with Gasteiger partial charge in [0.25, 0.3) is 0 Å². The van der Waals surface area contributed by atoms with Crippen LogP contribution in [0.4, 0.5) is 0 Å². The van der Waals surface area contributed by atoms with Crippen molar-refractivity contribution in [1.82, 2.24) is 0 Å². The van der Waals surface area contributed by atoms with E-state index in [9.17, 15) is 5.11 Å². The Kier molecular flexibility index (Phi) is 3.85. The van der Waals surface area contributed by atoms with Gasteiger partial charge in [-0.1, -0.05) is 28.1 Å². The van der Waals surface area contributed by atoms with Gasteiger partial charge in [-0.25, -0.2) is 0 Å². The van der Waals surface area contributed by atoms with E-state index in [0.717, 1.165) is 24.3 Å². The fourth-order valence-corrected chi connectivity index (χ4v) is 3.36. The third-order valence-corrected chi connectivity index (χ3v) is 5.00. The summed E-state index contributed by atoms with van der Waals surface area (Å²) < 4.78 is 2.06. The zero-order chi connectivity index (χ0) is 11.7. The van der Waals surface area contributed by atoms with Crippen LogP contribution >= 0.6 is 43.2 Å². The van der Waals surface area contributed by atoms with Crippen molar-refractivity contribution >= 4 is 43.2 Å². The molecule has 1 atom stereocenters. The van der Waals surface area contributed by atoms with E-state index in [0.29, 0.717) is 0 Å². The Bertz CT molecular complexity index is 507. The lowest BCUT2D eigenvalue weighted by atomic mass is 10.0. The molecule has 4 heteroatoms. The monoisotopic (exact) mass is 360 g/mol. The highest BCUT2D eigenvalue weighted by atomic mass is 79.9. The van der Waals surface area contributed by atoms with Gasteiger partial charge in [-0.15, -0.1) is 11.3 Å². The summed E-state index contributed by atoms with van der Waals surface area (Å²) in [6, 6.07) is 9.78. The number of hydrogen-bond donors (Lipinski definition) is 1. The Morgan fingerprint density at radius 2 is 1.94 bits per heavy atom. The molecule has 0 saturated carbocycles. The van der Waals surface area contributed by atoms with Crippen molar-refractivity contribution in [3.05, 3.63) is 54.6 Å². The topological polar surface area (TPSA) is 20.2 Å². The zero-order valence-electron chi connectivity index (χ0n) is 8.58. The molecule has 0 saturated heterocycles. The third kappa shape index (κ3) is 2.40. The first kappa shape index (κ1) is 12.3. The Morgan fingerprint density at radius 1 is 1.19 bits per heavy atom. The zero-order valence-corrected chi connectivity index (χ0v) is 12.6. The van der Waals surface area contributed by atoms with Gasteiger partial charge in [-0.3, -0.25) is 0 Å². The molecule has 1 heterocycles. The fourth-order valence-electron chi connectivity index (χ4n) is 1.55. The minimum Gasteiger partial charge on any atom is -0.383 e. The summed E-state index contributed by atoms with van der Waals surface area (Å²) in [5, 5.41) is 10.3. The van der Waals surface area contributed by atoms with E-state index < -0.39 is 6.10 Å². The van der Waals surface area contributed by atoms with Crippen molar-refractivity contribution in [2.24, 2.45) is 0 Å². The second kappa shape index (κ2) is 5.00. The van der Waals surface area contributed by atoms with Gasteiger partial charge < -0.3 is 5.11 Å². The number of rotatable bonds is 2. The summed E-state index contributed by atoms with van der Waals surface area (Å²) in [7, 11) is 0. The summed E-state index contributed by atoms with van der Waals surface area (Å²) in [6.07, 6.45) is -0.547. The smallest absolute Gasteiger partial charge is 0.114 e. The van der Waals surface area contributed by atoms with Gasteiger partial charge in [-0.2, -0.15) is 0 Å². The van der Waals surface area contributed by atoms with E-state index in [1.807, 2.05) is 37.3 Å². The van der Waals surface area contributed by atoms with Crippen molar-refractivity contribution in [2.45, 2.75) is 13.0 Å². The second-order valence-electron chi connectivity index (χ2n) is 3.50. The molecule has 0 radical (unpaired) electrons. The molecule has 1 N–H and O–H groups in total. The van der Waals surface area contributed by atoms with Crippen LogP contribution in [0.5, 0.6) is 0 Å². The maximum absolute atomic E-state index is 10.3. The Balaban J connectivity index is 2.41. The highest BCUT2D eigenvalue weighted by Crippen LogP contribution is 2.34. The van der Waals surface area contributed by atoms with Crippen LogP contribution in [0.2, 0.25) is 0 Å². The van der Waals surface area contributed by atoms with Crippen molar-refractivity contribution < 1.29 is 5.11 Å². The van der Waals surface area contributed by atoms with Gasteiger partial charge in [0.2, 0.25) is 0 Å². The van der Waals surface area contributed by atoms with Crippen molar-refractivity contribution in [3.8, 4) is 0 Å². The molecule has 1 aromatic carbocycles. The molecule has 2 rings (SSSR count). The number of aliphatic hydroxyl groups is 1. The minimum absolute atomic E-state index is 0.547. The molecule has 2 aromatic rings. The molecule has 0 fully saturated rings. The predicted molar refractivity (Wildman–Crippen MR) is 75.0 cm³/mol. The van der Waals surface area contributed by atoms with Crippen molar-refractivity contribution in [3.63, 3.8) is 0 Å². The van der Waals surface area contributed by atoms with Crippen LogP contribution in [0.1, 0.15) is 22.1 Å². The molecule has 1 nitrogen and oxygen atoms in total. The number of benzene rings is 1. The molecule has 84 valence electrons. The largest absolute Gasteiger partial charge is 0.383 e. The van der Waals surface area contributed by atoms with Crippen molar-refractivity contribution in [2.75, 3.05) is 0 Å². The quantitative estimate of drug-likeness (QED) is 0.824. The van der Waals surface area contributed by atoms with E-state index in [1.54, 1.807) is 11.3 Å². The standard InChI is InChI=1S/C12H10Br2OS/c1-7-8(3-2-4-9(7)13)12(15)10-5-6-11(14)16-10/h2-6,12,15H,1H3. The maximum atomic E-state index is 10.3. The van der Waals surface area contributed by atoms with E-state index in [4.69, 9.17) is 0 Å². The number of aliphatic hydroxyl groups excluding tert-OH is 1. The summed E-state index contributed by atoms with van der Waals surface area (Å²) in [5.74, 6) is 0. The lowest BCUT2D eigenvalue weighted by Crippen LogP contribution is -2.00. The van der Waals surface area contributed by atoms with Crippen LogP contribution in [0.15, 0.2) is 38.6 Å². The molecule has 0 aliphatic rings. The minimum atomic E-state index is -0.547. The molecular formula is C12H10Br2OS. The summed E-state index contributed by atoms with van der Waals surface area (Å²) in [6.45, 7) is 2.01. The normalized spacial score (nSPS) is 12.8. The van der Waals surface area contributed by atoms with Gasteiger partial charge >= 0.3 is 0 Å². The average Bonchev–Trinajstić information content (AvgIpc) is 2.68. The van der Waals surface area contributed by atoms with E-state index in [-0.39, 0.29) is 0 Å². The molecule has 16 heavy (non-hydrogen) atoms. The predicted octanol–water partition coefficient (Wildman–Crippen LogP) is 4.66. The summed E-state index contributed by atoms with van der Waals surface area (Å²) >= 11 is 8.44.